The summed E-state index contributed by atoms with van der Waals surface area (Å²) < 4.78 is 19.3. The number of morpholine rings is 1. The maximum atomic E-state index is 13.7. The molecular weight excluding hydrogens is 269 g/mol. The fraction of sp³-hybridized carbons (Fsp3) is 0.529. The quantitative estimate of drug-likeness (QED) is 0.863. The average molecular weight is 291 g/mol. The van der Waals surface area contributed by atoms with Gasteiger partial charge in [-0.3, -0.25) is 4.90 Å². The molecule has 1 heterocycles. The molecule has 1 aromatic rings. The third-order valence-electron chi connectivity index (χ3n) is 3.51. The van der Waals surface area contributed by atoms with Gasteiger partial charge in [-0.05, 0) is 30.2 Å². The number of aliphatic hydroxyl groups excluding tert-OH is 1. The highest BCUT2D eigenvalue weighted by molar-refractivity contribution is 5.37. The van der Waals surface area contributed by atoms with Gasteiger partial charge in [0.05, 0.1) is 19.3 Å². The summed E-state index contributed by atoms with van der Waals surface area (Å²) in [7, 11) is 0. The van der Waals surface area contributed by atoms with Crippen LogP contribution in [-0.2, 0) is 11.3 Å². The van der Waals surface area contributed by atoms with E-state index >= 15 is 0 Å². The molecule has 4 heteroatoms. The normalized spacial score (nSPS) is 19.1. The molecule has 114 valence electrons. The van der Waals surface area contributed by atoms with Crippen molar-refractivity contribution in [3.63, 3.8) is 0 Å². The van der Waals surface area contributed by atoms with E-state index in [-0.39, 0.29) is 18.5 Å². The molecule has 1 aliphatic rings. The molecule has 0 spiro atoms. The first kappa shape index (κ1) is 16.0. The van der Waals surface area contributed by atoms with E-state index in [4.69, 9.17) is 9.84 Å². The molecular formula is C17H22FNO2. The molecule has 2 rings (SSSR count). The number of benzene rings is 1. The molecule has 1 atom stereocenters. The summed E-state index contributed by atoms with van der Waals surface area (Å²) in [5, 5.41) is 8.72. The first-order valence-electron chi connectivity index (χ1n) is 7.44. The second-order valence-electron chi connectivity index (χ2n) is 5.26. The van der Waals surface area contributed by atoms with E-state index in [1.54, 1.807) is 6.07 Å². The van der Waals surface area contributed by atoms with Gasteiger partial charge in [-0.2, -0.15) is 0 Å². The zero-order valence-corrected chi connectivity index (χ0v) is 12.4. The molecule has 1 aliphatic heterocycles. The van der Waals surface area contributed by atoms with Gasteiger partial charge in [-0.1, -0.05) is 18.8 Å². The Balaban J connectivity index is 2.04. The molecule has 0 amide bonds. The van der Waals surface area contributed by atoms with Crippen LogP contribution in [-0.4, -0.2) is 42.4 Å². The van der Waals surface area contributed by atoms with Gasteiger partial charge in [0.2, 0.25) is 0 Å². The maximum absolute atomic E-state index is 13.7. The lowest BCUT2D eigenvalue weighted by atomic mass is 10.1. The largest absolute Gasteiger partial charge is 0.395 e. The molecule has 0 aromatic heterocycles. The van der Waals surface area contributed by atoms with Gasteiger partial charge >= 0.3 is 0 Å². The number of ether oxygens (including phenoxy) is 1. The van der Waals surface area contributed by atoms with Gasteiger partial charge in [-0.15, -0.1) is 0 Å². The van der Waals surface area contributed by atoms with Crippen LogP contribution in [0.4, 0.5) is 4.39 Å². The molecule has 1 fully saturated rings. The summed E-state index contributed by atoms with van der Waals surface area (Å²) >= 11 is 0. The van der Waals surface area contributed by atoms with Crippen molar-refractivity contribution in [3.8, 4) is 11.8 Å². The Labute approximate surface area is 125 Å². The van der Waals surface area contributed by atoms with Crippen molar-refractivity contribution in [1.82, 2.24) is 4.90 Å². The van der Waals surface area contributed by atoms with Crippen molar-refractivity contribution >= 4 is 0 Å². The first-order valence-corrected chi connectivity index (χ1v) is 7.44. The molecule has 1 aromatic carbocycles. The minimum absolute atomic E-state index is 0.0291. The van der Waals surface area contributed by atoms with Crippen LogP contribution in [0.1, 0.15) is 30.9 Å². The van der Waals surface area contributed by atoms with E-state index < -0.39 is 0 Å². The second kappa shape index (κ2) is 8.14. The number of hydrogen-bond acceptors (Lipinski definition) is 3. The van der Waals surface area contributed by atoms with E-state index in [0.29, 0.717) is 18.5 Å². The summed E-state index contributed by atoms with van der Waals surface area (Å²) in [4.78, 5) is 2.29. The van der Waals surface area contributed by atoms with E-state index in [2.05, 4.69) is 23.7 Å². The molecule has 0 aliphatic carbocycles. The third kappa shape index (κ3) is 5.13. The summed E-state index contributed by atoms with van der Waals surface area (Å²) in [6.07, 6.45) is 1.68. The Kier molecular flexibility index (Phi) is 6.19. The van der Waals surface area contributed by atoms with Crippen molar-refractivity contribution in [2.45, 2.75) is 32.4 Å². The second-order valence-corrected chi connectivity index (χ2v) is 5.26. The molecule has 1 unspecified atom stereocenters. The number of halogens is 1. The number of hydrogen-bond donors (Lipinski definition) is 1. The Morgan fingerprint density at radius 1 is 1.43 bits per heavy atom. The lowest BCUT2D eigenvalue weighted by Crippen LogP contribution is -2.41. The van der Waals surface area contributed by atoms with Crippen LogP contribution >= 0.6 is 0 Å². The third-order valence-corrected chi connectivity index (χ3v) is 3.51. The van der Waals surface area contributed by atoms with Gasteiger partial charge in [0.25, 0.3) is 0 Å². The zero-order chi connectivity index (χ0) is 15.1. The van der Waals surface area contributed by atoms with Crippen LogP contribution in [0.3, 0.4) is 0 Å². The smallest absolute Gasteiger partial charge is 0.124 e. The van der Waals surface area contributed by atoms with Crippen molar-refractivity contribution in [3.05, 3.63) is 35.1 Å². The van der Waals surface area contributed by atoms with Crippen LogP contribution in [0, 0.1) is 17.7 Å². The van der Waals surface area contributed by atoms with E-state index in [1.807, 2.05) is 6.07 Å². The van der Waals surface area contributed by atoms with E-state index in [9.17, 15) is 4.39 Å². The van der Waals surface area contributed by atoms with Crippen LogP contribution in [0.25, 0.3) is 0 Å². The van der Waals surface area contributed by atoms with Gasteiger partial charge < -0.3 is 9.84 Å². The fourth-order valence-electron chi connectivity index (χ4n) is 2.46. The minimum Gasteiger partial charge on any atom is -0.395 e. The Morgan fingerprint density at radius 2 is 2.29 bits per heavy atom. The highest BCUT2D eigenvalue weighted by Gasteiger charge is 2.19. The summed E-state index contributed by atoms with van der Waals surface area (Å²) in [6, 6.07) is 4.92. The van der Waals surface area contributed by atoms with Gasteiger partial charge in [0, 0.05) is 31.6 Å². The summed E-state index contributed by atoms with van der Waals surface area (Å²) in [5.74, 6) is 5.45. The number of aliphatic hydroxyl groups is 1. The zero-order valence-electron chi connectivity index (χ0n) is 12.4. The molecule has 3 nitrogen and oxygen atoms in total. The molecule has 1 N–H and O–H groups in total. The first-order chi connectivity index (χ1) is 10.2. The van der Waals surface area contributed by atoms with E-state index in [0.717, 1.165) is 31.7 Å². The maximum Gasteiger partial charge on any atom is 0.124 e. The minimum atomic E-state index is -0.263. The molecule has 21 heavy (non-hydrogen) atoms. The van der Waals surface area contributed by atoms with Gasteiger partial charge in [0.1, 0.15) is 5.82 Å². The number of nitrogens with zero attached hydrogens (tertiary/aromatic N) is 1. The predicted molar refractivity (Wildman–Crippen MR) is 80.3 cm³/mol. The van der Waals surface area contributed by atoms with Crippen molar-refractivity contribution in [2.75, 3.05) is 26.3 Å². The van der Waals surface area contributed by atoms with Crippen LogP contribution in [0.2, 0.25) is 0 Å². The summed E-state index contributed by atoms with van der Waals surface area (Å²) in [6.45, 7) is 5.35. The topological polar surface area (TPSA) is 32.7 Å². The Hall–Kier alpha value is -1.41. The van der Waals surface area contributed by atoms with Crippen molar-refractivity contribution < 1.29 is 14.2 Å². The standard InChI is InChI=1S/C17H22FNO2/c1-2-17-13-19(6-8-21-17)12-15-9-14(5-3-4-7-20)10-16(18)11-15/h9-11,17,20H,2,4,6-8,12-13H2,1H3. The van der Waals surface area contributed by atoms with Crippen LogP contribution in [0.15, 0.2) is 18.2 Å². The highest BCUT2D eigenvalue weighted by atomic mass is 19.1. The lowest BCUT2D eigenvalue weighted by Gasteiger charge is -2.32. The van der Waals surface area contributed by atoms with Gasteiger partial charge in [0.15, 0.2) is 0 Å². The summed E-state index contributed by atoms with van der Waals surface area (Å²) in [5.41, 5.74) is 1.60. The fourth-order valence-corrected chi connectivity index (χ4v) is 2.46. The Bertz CT molecular complexity index is 521. The van der Waals surface area contributed by atoms with Crippen LogP contribution < -0.4 is 0 Å². The Morgan fingerprint density at radius 3 is 3.05 bits per heavy atom. The average Bonchev–Trinajstić information content (AvgIpc) is 2.47. The van der Waals surface area contributed by atoms with Crippen molar-refractivity contribution in [2.24, 2.45) is 0 Å². The molecule has 0 saturated carbocycles. The van der Waals surface area contributed by atoms with E-state index in [1.165, 1.54) is 6.07 Å². The molecule has 0 radical (unpaired) electrons. The molecule has 0 bridgehead atoms. The van der Waals surface area contributed by atoms with Gasteiger partial charge in [-0.25, -0.2) is 4.39 Å². The lowest BCUT2D eigenvalue weighted by molar-refractivity contribution is -0.0324. The SMILES string of the molecule is CCC1CN(Cc2cc(F)cc(C#CCCO)c2)CCO1. The monoisotopic (exact) mass is 291 g/mol. The van der Waals surface area contributed by atoms with Crippen molar-refractivity contribution in [1.29, 1.82) is 0 Å². The van der Waals surface area contributed by atoms with Crippen LogP contribution in [0.5, 0.6) is 0 Å². The highest BCUT2D eigenvalue weighted by Crippen LogP contribution is 2.15. The predicted octanol–water partition coefficient (Wildman–Crippen LogP) is 2.17. The number of rotatable bonds is 4. The molecule has 1 saturated heterocycles.